The molecule has 0 aliphatic heterocycles. The highest BCUT2D eigenvalue weighted by molar-refractivity contribution is 6.34. The predicted octanol–water partition coefficient (Wildman–Crippen LogP) is 3.13. The van der Waals surface area contributed by atoms with Gasteiger partial charge in [0.25, 0.3) is 5.91 Å². The summed E-state index contributed by atoms with van der Waals surface area (Å²) in [6.07, 6.45) is 1.72. The molecule has 112 valence electrons. The molecule has 0 bridgehead atoms. The van der Waals surface area contributed by atoms with Crippen LogP contribution in [0.25, 0.3) is 0 Å². The molecule has 1 heterocycles. The lowest BCUT2D eigenvalue weighted by atomic mass is 10.1. The molecule has 1 N–H and O–H groups in total. The Morgan fingerprint density at radius 2 is 1.81 bits per heavy atom. The Hall–Kier alpha value is -1.81. The summed E-state index contributed by atoms with van der Waals surface area (Å²) in [6.45, 7) is 4.56. The molecule has 1 amide bonds. The van der Waals surface area contributed by atoms with Crippen molar-refractivity contribution in [3.8, 4) is 0 Å². The maximum absolute atomic E-state index is 12.3. The number of carbonyl (C=O) groups is 1. The number of hydrogen-bond donors (Lipinski definition) is 1. The minimum atomic E-state index is -0.200. The van der Waals surface area contributed by atoms with Crippen LogP contribution in [0.5, 0.6) is 0 Å². The molecule has 0 atom stereocenters. The summed E-state index contributed by atoms with van der Waals surface area (Å²) in [5, 5.41) is 7.58. The number of nitrogens with zero attached hydrogens (tertiary/aromatic N) is 2. The molecule has 0 saturated heterocycles. The van der Waals surface area contributed by atoms with Gasteiger partial charge in [-0.1, -0.05) is 49.7 Å². The van der Waals surface area contributed by atoms with E-state index in [0.717, 1.165) is 17.7 Å². The van der Waals surface area contributed by atoms with Crippen LogP contribution in [0.1, 0.15) is 41.2 Å². The molecule has 0 fully saturated rings. The van der Waals surface area contributed by atoms with Gasteiger partial charge in [-0.2, -0.15) is 5.10 Å². The first-order valence-corrected chi connectivity index (χ1v) is 7.52. The van der Waals surface area contributed by atoms with Crippen LogP contribution in [0.4, 0.5) is 0 Å². The predicted molar refractivity (Wildman–Crippen MR) is 84.6 cm³/mol. The van der Waals surface area contributed by atoms with Crippen molar-refractivity contribution in [1.29, 1.82) is 0 Å². The topological polar surface area (TPSA) is 46.9 Å². The first-order valence-electron chi connectivity index (χ1n) is 7.14. The zero-order valence-corrected chi connectivity index (χ0v) is 13.4. The van der Waals surface area contributed by atoms with Gasteiger partial charge in [0.2, 0.25) is 0 Å². The zero-order chi connectivity index (χ0) is 15.4. The van der Waals surface area contributed by atoms with Crippen LogP contribution in [0, 0.1) is 0 Å². The highest BCUT2D eigenvalue weighted by Crippen LogP contribution is 2.20. The van der Waals surface area contributed by atoms with Gasteiger partial charge in [-0.25, -0.2) is 0 Å². The van der Waals surface area contributed by atoms with Gasteiger partial charge in [0.05, 0.1) is 10.7 Å². The van der Waals surface area contributed by atoms with Crippen molar-refractivity contribution in [3.63, 3.8) is 0 Å². The molecule has 0 saturated carbocycles. The number of aryl methyl sites for hydroxylation is 3. The van der Waals surface area contributed by atoms with E-state index < -0.39 is 0 Å². The van der Waals surface area contributed by atoms with Crippen molar-refractivity contribution in [2.45, 2.75) is 33.2 Å². The van der Waals surface area contributed by atoms with Gasteiger partial charge < -0.3 is 5.32 Å². The summed E-state index contributed by atoms with van der Waals surface area (Å²) in [5.74, 6) is -0.200. The van der Waals surface area contributed by atoms with Crippen molar-refractivity contribution in [1.82, 2.24) is 15.1 Å². The van der Waals surface area contributed by atoms with Crippen molar-refractivity contribution in [2.24, 2.45) is 7.05 Å². The van der Waals surface area contributed by atoms with Crippen LogP contribution in [-0.4, -0.2) is 15.7 Å². The average Bonchev–Trinajstić information content (AvgIpc) is 2.79. The molecule has 2 rings (SSSR count). The van der Waals surface area contributed by atoms with Crippen LogP contribution >= 0.6 is 11.6 Å². The maximum atomic E-state index is 12.3. The standard InChI is InChI=1S/C16H20ClN3O/c1-4-11-6-8-12(9-7-11)10-18-16(21)15-14(17)13(5-2)19-20(15)3/h6-9H,4-5,10H2,1-3H3,(H,18,21). The first kappa shape index (κ1) is 15.6. The minimum Gasteiger partial charge on any atom is -0.347 e. The maximum Gasteiger partial charge on any atom is 0.271 e. The fourth-order valence-corrected chi connectivity index (χ4v) is 2.56. The Kier molecular flexibility index (Phi) is 5.02. The molecule has 1 aromatic heterocycles. The number of hydrogen-bond acceptors (Lipinski definition) is 2. The van der Waals surface area contributed by atoms with Crippen LogP contribution in [0.2, 0.25) is 5.02 Å². The SMILES string of the molecule is CCc1ccc(CNC(=O)c2c(Cl)c(CC)nn2C)cc1. The molecule has 0 radical (unpaired) electrons. The summed E-state index contributed by atoms with van der Waals surface area (Å²) < 4.78 is 1.54. The molecular weight excluding hydrogens is 286 g/mol. The quantitative estimate of drug-likeness (QED) is 0.922. The molecule has 0 spiro atoms. The van der Waals surface area contributed by atoms with Gasteiger partial charge in [0.1, 0.15) is 5.69 Å². The number of halogens is 1. The fourth-order valence-electron chi connectivity index (χ4n) is 2.19. The van der Waals surface area contributed by atoms with E-state index in [4.69, 9.17) is 11.6 Å². The Morgan fingerprint density at radius 1 is 1.19 bits per heavy atom. The van der Waals surface area contributed by atoms with E-state index in [2.05, 4.69) is 29.5 Å². The second-order valence-corrected chi connectivity index (χ2v) is 5.32. The smallest absolute Gasteiger partial charge is 0.271 e. The Labute approximate surface area is 130 Å². The van der Waals surface area contributed by atoms with Crippen molar-refractivity contribution in [3.05, 3.63) is 51.8 Å². The number of carbonyl (C=O) groups excluding carboxylic acids is 1. The van der Waals surface area contributed by atoms with E-state index in [1.807, 2.05) is 19.1 Å². The zero-order valence-electron chi connectivity index (χ0n) is 12.6. The van der Waals surface area contributed by atoms with E-state index in [-0.39, 0.29) is 5.91 Å². The lowest BCUT2D eigenvalue weighted by Gasteiger charge is -2.07. The fraction of sp³-hybridized carbons (Fsp3) is 0.375. The summed E-state index contributed by atoms with van der Waals surface area (Å²) in [5.41, 5.74) is 3.51. The third-order valence-corrected chi connectivity index (χ3v) is 3.89. The average molecular weight is 306 g/mol. The summed E-state index contributed by atoms with van der Waals surface area (Å²) in [6, 6.07) is 8.21. The second-order valence-electron chi connectivity index (χ2n) is 4.94. The van der Waals surface area contributed by atoms with Gasteiger partial charge in [-0.15, -0.1) is 0 Å². The highest BCUT2D eigenvalue weighted by atomic mass is 35.5. The van der Waals surface area contributed by atoms with Gasteiger partial charge in [-0.05, 0) is 24.0 Å². The molecule has 0 aliphatic rings. The van der Waals surface area contributed by atoms with Gasteiger partial charge in [0.15, 0.2) is 0 Å². The third kappa shape index (κ3) is 3.45. The number of nitrogens with one attached hydrogen (secondary N) is 1. The van der Waals surface area contributed by atoms with Gasteiger partial charge >= 0.3 is 0 Å². The Morgan fingerprint density at radius 3 is 2.33 bits per heavy atom. The van der Waals surface area contributed by atoms with Crippen molar-refractivity contribution < 1.29 is 4.79 Å². The summed E-state index contributed by atoms with van der Waals surface area (Å²) in [7, 11) is 1.73. The number of rotatable bonds is 5. The first-order chi connectivity index (χ1) is 10.1. The van der Waals surface area contributed by atoms with Crippen molar-refractivity contribution in [2.75, 3.05) is 0 Å². The lowest BCUT2D eigenvalue weighted by Crippen LogP contribution is -2.25. The molecule has 2 aromatic rings. The van der Waals surface area contributed by atoms with E-state index in [9.17, 15) is 4.79 Å². The number of amides is 1. The monoisotopic (exact) mass is 305 g/mol. The number of aromatic nitrogens is 2. The number of benzene rings is 1. The van der Waals surface area contributed by atoms with Gasteiger partial charge in [-0.3, -0.25) is 9.48 Å². The Balaban J connectivity index is 2.06. The van der Waals surface area contributed by atoms with Crippen LogP contribution in [-0.2, 0) is 26.4 Å². The Bertz CT molecular complexity index is 632. The summed E-state index contributed by atoms with van der Waals surface area (Å²) >= 11 is 6.20. The highest BCUT2D eigenvalue weighted by Gasteiger charge is 2.19. The minimum absolute atomic E-state index is 0.200. The van der Waals surface area contributed by atoms with E-state index in [1.165, 1.54) is 10.2 Å². The normalized spacial score (nSPS) is 10.7. The van der Waals surface area contributed by atoms with Gasteiger partial charge in [0, 0.05) is 13.6 Å². The lowest BCUT2D eigenvalue weighted by molar-refractivity contribution is 0.0941. The molecule has 4 nitrogen and oxygen atoms in total. The molecular formula is C16H20ClN3O. The second kappa shape index (κ2) is 6.76. The molecule has 0 aliphatic carbocycles. The molecule has 5 heteroatoms. The van der Waals surface area contributed by atoms with E-state index in [0.29, 0.717) is 23.7 Å². The largest absolute Gasteiger partial charge is 0.347 e. The molecule has 1 aromatic carbocycles. The third-order valence-electron chi connectivity index (χ3n) is 3.49. The van der Waals surface area contributed by atoms with Crippen LogP contribution < -0.4 is 5.32 Å². The van der Waals surface area contributed by atoms with E-state index in [1.54, 1.807) is 7.05 Å². The molecule has 21 heavy (non-hydrogen) atoms. The van der Waals surface area contributed by atoms with E-state index >= 15 is 0 Å². The van der Waals surface area contributed by atoms with Crippen LogP contribution in [0.3, 0.4) is 0 Å². The van der Waals surface area contributed by atoms with Crippen molar-refractivity contribution >= 4 is 17.5 Å². The van der Waals surface area contributed by atoms with Crippen LogP contribution in [0.15, 0.2) is 24.3 Å². The molecule has 0 unspecified atom stereocenters. The summed E-state index contributed by atoms with van der Waals surface area (Å²) in [4.78, 5) is 12.3.